The van der Waals surface area contributed by atoms with E-state index in [-0.39, 0.29) is 0 Å². The van der Waals surface area contributed by atoms with Crippen LogP contribution in [-0.2, 0) is 0 Å². The lowest BCUT2D eigenvalue weighted by Gasteiger charge is -2.09. The predicted molar refractivity (Wildman–Crippen MR) is 59.1 cm³/mol. The SMILES string of the molecule is CCCOc1cc(C(C)C)cc(Cl)n1. The molecule has 0 spiro atoms. The van der Waals surface area contributed by atoms with Gasteiger partial charge in [0.05, 0.1) is 6.61 Å². The Hall–Kier alpha value is -0.760. The monoisotopic (exact) mass is 213 g/mol. The Labute approximate surface area is 90.3 Å². The maximum Gasteiger partial charge on any atom is 0.214 e. The van der Waals surface area contributed by atoms with Crippen molar-refractivity contribution in [2.75, 3.05) is 6.61 Å². The third kappa shape index (κ3) is 3.18. The molecule has 0 amide bonds. The fourth-order valence-corrected chi connectivity index (χ4v) is 1.31. The van der Waals surface area contributed by atoms with Crippen LogP contribution >= 0.6 is 11.6 Å². The van der Waals surface area contributed by atoms with E-state index in [0.29, 0.717) is 23.6 Å². The first-order valence-corrected chi connectivity index (χ1v) is 5.31. The molecule has 1 aromatic heterocycles. The molecule has 0 aromatic carbocycles. The minimum atomic E-state index is 0.444. The Kier molecular flexibility index (Phi) is 4.21. The van der Waals surface area contributed by atoms with E-state index in [9.17, 15) is 0 Å². The average Bonchev–Trinajstić information content (AvgIpc) is 2.14. The Morgan fingerprint density at radius 2 is 2.14 bits per heavy atom. The zero-order valence-electron chi connectivity index (χ0n) is 8.88. The van der Waals surface area contributed by atoms with Gasteiger partial charge < -0.3 is 4.74 Å². The molecule has 1 rings (SSSR count). The molecule has 0 saturated heterocycles. The van der Waals surface area contributed by atoms with Crippen LogP contribution in [0, 0.1) is 0 Å². The van der Waals surface area contributed by atoms with Crippen LogP contribution in [0.3, 0.4) is 0 Å². The van der Waals surface area contributed by atoms with E-state index in [0.717, 1.165) is 12.0 Å². The summed E-state index contributed by atoms with van der Waals surface area (Å²) in [5.74, 6) is 1.07. The van der Waals surface area contributed by atoms with Gasteiger partial charge in [0.2, 0.25) is 5.88 Å². The molecule has 1 heterocycles. The van der Waals surface area contributed by atoms with Crippen LogP contribution in [0.15, 0.2) is 12.1 Å². The van der Waals surface area contributed by atoms with Crippen molar-refractivity contribution in [2.24, 2.45) is 0 Å². The number of ether oxygens (including phenoxy) is 1. The van der Waals surface area contributed by atoms with Crippen molar-refractivity contribution in [3.05, 3.63) is 22.8 Å². The summed E-state index contributed by atoms with van der Waals surface area (Å²) in [4.78, 5) is 4.10. The molecule has 0 aliphatic carbocycles. The minimum absolute atomic E-state index is 0.444. The van der Waals surface area contributed by atoms with Gasteiger partial charge in [-0.25, -0.2) is 4.98 Å². The summed E-state index contributed by atoms with van der Waals surface area (Å²) in [6.07, 6.45) is 0.977. The number of pyridine rings is 1. The van der Waals surface area contributed by atoms with Gasteiger partial charge in [0, 0.05) is 6.07 Å². The molecule has 0 N–H and O–H groups in total. The van der Waals surface area contributed by atoms with E-state index in [1.807, 2.05) is 12.1 Å². The van der Waals surface area contributed by atoms with Gasteiger partial charge in [-0.15, -0.1) is 0 Å². The third-order valence-corrected chi connectivity index (χ3v) is 2.11. The maximum absolute atomic E-state index is 5.88. The largest absolute Gasteiger partial charge is 0.478 e. The fourth-order valence-electron chi connectivity index (χ4n) is 1.11. The van der Waals surface area contributed by atoms with Crippen molar-refractivity contribution in [3.63, 3.8) is 0 Å². The van der Waals surface area contributed by atoms with Crippen molar-refractivity contribution in [1.29, 1.82) is 0 Å². The van der Waals surface area contributed by atoms with Crippen LogP contribution in [-0.4, -0.2) is 11.6 Å². The molecule has 0 unspecified atom stereocenters. The number of rotatable bonds is 4. The highest BCUT2D eigenvalue weighted by atomic mass is 35.5. The van der Waals surface area contributed by atoms with Crippen LogP contribution in [0.2, 0.25) is 5.15 Å². The summed E-state index contributed by atoms with van der Waals surface area (Å²) in [7, 11) is 0. The molecule has 78 valence electrons. The Morgan fingerprint density at radius 1 is 1.43 bits per heavy atom. The van der Waals surface area contributed by atoms with Gasteiger partial charge in [-0.2, -0.15) is 0 Å². The van der Waals surface area contributed by atoms with E-state index in [2.05, 4.69) is 25.8 Å². The van der Waals surface area contributed by atoms with Crippen molar-refractivity contribution in [3.8, 4) is 5.88 Å². The van der Waals surface area contributed by atoms with Crippen molar-refractivity contribution in [2.45, 2.75) is 33.1 Å². The number of aromatic nitrogens is 1. The lowest BCUT2D eigenvalue weighted by Crippen LogP contribution is -1.99. The van der Waals surface area contributed by atoms with Crippen LogP contribution < -0.4 is 4.74 Å². The molecule has 0 atom stereocenters. The van der Waals surface area contributed by atoms with E-state index in [4.69, 9.17) is 16.3 Å². The minimum Gasteiger partial charge on any atom is -0.478 e. The van der Waals surface area contributed by atoms with Gasteiger partial charge in [-0.1, -0.05) is 32.4 Å². The molecule has 2 nitrogen and oxygen atoms in total. The van der Waals surface area contributed by atoms with Crippen molar-refractivity contribution in [1.82, 2.24) is 4.98 Å². The summed E-state index contributed by atoms with van der Waals surface area (Å²) in [5.41, 5.74) is 1.16. The Morgan fingerprint density at radius 3 is 2.71 bits per heavy atom. The zero-order chi connectivity index (χ0) is 10.6. The first-order chi connectivity index (χ1) is 6.63. The number of hydrogen-bond acceptors (Lipinski definition) is 2. The molecular weight excluding hydrogens is 198 g/mol. The molecule has 0 fully saturated rings. The topological polar surface area (TPSA) is 22.1 Å². The van der Waals surface area contributed by atoms with Crippen molar-refractivity contribution < 1.29 is 4.74 Å². The number of nitrogens with zero attached hydrogens (tertiary/aromatic N) is 1. The van der Waals surface area contributed by atoms with Crippen LogP contribution in [0.5, 0.6) is 5.88 Å². The average molecular weight is 214 g/mol. The summed E-state index contributed by atoms with van der Waals surface area (Å²) in [6.45, 7) is 6.99. The zero-order valence-corrected chi connectivity index (χ0v) is 9.64. The first kappa shape index (κ1) is 11.3. The molecular formula is C11H16ClNO. The van der Waals surface area contributed by atoms with Crippen LogP contribution in [0.1, 0.15) is 38.7 Å². The standard InChI is InChI=1S/C11H16ClNO/c1-4-5-14-11-7-9(8(2)3)6-10(12)13-11/h6-8H,4-5H2,1-3H3. The second-order valence-corrected chi connectivity index (χ2v) is 3.95. The maximum atomic E-state index is 5.88. The number of hydrogen-bond donors (Lipinski definition) is 0. The normalized spacial score (nSPS) is 10.6. The van der Waals surface area contributed by atoms with Crippen LogP contribution in [0.25, 0.3) is 0 Å². The highest BCUT2D eigenvalue weighted by molar-refractivity contribution is 6.29. The molecule has 0 bridgehead atoms. The van der Waals surface area contributed by atoms with Gasteiger partial charge in [-0.3, -0.25) is 0 Å². The second kappa shape index (κ2) is 5.20. The molecule has 0 saturated carbocycles. The number of halogens is 1. The highest BCUT2D eigenvalue weighted by Gasteiger charge is 2.05. The molecule has 0 aliphatic heterocycles. The quantitative estimate of drug-likeness (QED) is 0.713. The lowest BCUT2D eigenvalue weighted by molar-refractivity contribution is 0.305. The van der Waals surface area contributed by atoms with E-state index >= 15 is 0 Å². The van der Waals surface area contributed by atoms with Crippen molar-refractivity contribution >= 4 is 11.6 Å². The summed E-state index contributed by atoms with van der Waals surface area (Å²) in [6, 6.07) is 3.83. The Balaban J connectivity index is 2.84. The van der Waals surface area contributed by atoms with E-state index < -0.39 is 0 Å². The summed E-state index contributed by atoms with van der Waals surface area (Å²) in [5, 5.41) is 0.502. The molecule has 0 aliphatic rings. The molecule has 1 aromatic rings. The van der Waals surface area contributed by atoms with Gasteiger partial charge in [-0.05, 0) is 24.0 Å². The lowest BCUT2D eigenvalue weighted by atomic mass is 10.1. The first-order valence-electron chi connectivity index (χ1n) is 4.93. The molecule has 3 heteroatoms. The smallest absolute Gasteiger partial charge is 0.214 e. The second-order valence-electron chi connectivity index (χ2n) is 3.56. The predicted octanol–water partition coefficient (Wildman–Crippen LogP) is 3.65. The Bertz CT molecular complexity index is 299. The molecule has 0 radical (unpaired) electrons. The van der Waals surface area contributed by atoms with E-state index in [1.54, 1.807) is 0 Å². The highest BCUT2D eigenvalue weighted by Crippen LogP contribution is 2.22. The fraction of sp³-hybridized carbons (Fsp3) is 0.545. The summed E-state index contributed by atoms with van der Waals surface area (Å²) >= 11 is 5.88. The van der Waals surface area contributed by atoms with Gasteiger partial charge in [0.1, 0.15) is 5.15 Å². The van der Waals surface area contributed by atoms with E-state index in [1.165, 1.54) is 0 Å². The third-order valence-electron chi connectivity index (χ3n) is 1.91. The van der Waals surface area contributed by atoms with Gasteiger partial charge >= 0.3 is 0 Å². The summed E-state index contributed by atoms with van der Waals surface area (Å²) < 4.78 is 5.43. The van der Waals surface area contributed by atoms with Gasteiger partial charge in [0.15, 0.2) is 0 Å². The molecule has 14 heavy (non-hydrogen) atoms. The van der Waals surface area contributed by atoms with Gasteiger partial charge in [0.25, 0.3) is 0 Å². The van der Waals surface area contributed by atoms with Crippen LogP contribution in [0.4, 0.5) is 0 Å².